The number of rotatable bonds is 2. The summed E-state index contributed by atoms with van der Waals surface area (Å²) < 4.78 is 35.7. The molecule has 0 aliphatic carbocycles. The second kappa shape index (κ2) is 3.98. The Kier molecular flexibility index (Phi) is 3.13. The van der Waals surface area contributed by atoms with E-state index in [1.165, 1.54) is 11.4 Å². The number of thiophene rings is 1. The second-order valence-electron chi connectivity index (χ2n) is 2.68. The third-order valence-corrected chi connectivity index (χ3v) is 2.51. The fourth-order valence-electron chi connectivity index (χ4n) is 0.853. The average Bonchev–Trinajstić information content (AvgIpc) is 2.50. The Morgan fingerprint density at radius 1 is 1.57 bits per heavy atom. The van der Waals surface area contributed by atoms with Crippen LogP contribution in [0.25, 0.3) is 0 Å². The molecule has 6 heteroatoms. The van der Waals surface area contributed by atoms with Crippen molar-refractivity contribution in [3.05, 3.63) is 21.9 Å². The SMILES string of the molecule is N#Cc1csc(CC(O)C(F)(F)F)c1. The highest BCUT2D eigenvalue weighted by Crippen LogP contribution is 2.25. The predicted octanol–water partition coefficient (Wildman–Crippen LogP) is 2.09. The number of aliphatic hydroxyl groups excluding tert-OH is 1. The summed E-state index contributed by atoms with van der Waals surface area (Å²) in [5, 5.41) is 18.6. The highest BCUT2D eigenvalue weighted by Gasteiger charge is 2.38. The van der Waals surface area contributed by atoms with Gasteiger partial charge in [-0.3, -0.25) is 0 Å². The smallest absolute Gasteiger partial charge is 0.383 e. The molecule has 1 unspecified atom stereocenters. The molecule has 0 saturated heterocycles. The van der Waals surface area contributed by atoms with E-state index in [4.69, 9.17) is 10.4 Å². The first-order valence-electron chi connectivity index (χ1n) is 3.66. The molecule has 1 aromatic rings. The molecule has 0 aliphatic heterocycles. The van der Waals surface area contributed by atoms with Crippen LogP contribution in [0.15, 0.2) is 11.4 Å². The molecule has 0 aromatic carbocycles. The van der Waals surface area contributed by atoms with Crippen LogP contribution in [0.4, 0.5) is 13.2 Å². The molecule has 0 saturated carbocycles. The van der Waals surface area contributed by atoms with Crippen molar-refractivity contribution in [1.29, 1.82) is 5.26 Å². The zero-order chi connectivity index (χ0) is 10.8. The lowest BCUT2D eigenvalue weighted by atomic mass is 10.2. The third-order valence-electron chi connectivity index (χ3n) is 1.56. The number of halogens is 3. The Balaban J connectivity index is 2.66. The number of hydrogen-bond donors (Lipinski definition) is 1. The maximum atomic E-state index is 11.9. The number of aliphatic hydroxyl groups is 1. The number of nitriles is 1. The van der Waals surface area contributed by atoms with Gasteiger partial charge in [0.2, 0.25) is 0 Å². The van der Waals surface area contributed by atoms with Gasteiger partial charge in [0.05, 0.1) is 5.56 Å². The van der Waals surface area contributed by atoms with Gasteiger partial charge in [-0.25, -0.2) is 0 Å². The molecule has 0 spiro atoms. The van der Waals surface area contributed by atoms with Crippen molar-refractivity contribution in [2.24, 2.45) is 0 Å². The van der Waals surface area contributed by atoms with Crippen molar-refractivity contribution in [2.75, 3.05) is 0 Å². The summed E-state index contributed by atoms with van der Waals surface area (Å²) in [5.74, 6) is 0. The summed E-state index contributed by atoms with van der Waals surface area (Å²) in [6.07, 6.45) is -7.44. The summed E-state index contributed by atoms with van der Waals surface area (Å²) in [6, 6.07) is 3.15. The Labute approximate surface area is 82.2 Å². The first kappa shape index (κ1) is 11.0. The van der Waals surface area contributed by atoms with Gasteiger partial charge in [-0.1, -0.05) is 0 Å². The predicted molar refractivity (Wildman–Crippen MR) is 44.8 cm³/mol. The fourth-order valence-corrected chi connectivity index (χ4v) is 1.70. The maximum absolute atomic E-state index is 11.9. The minimum atomic E-state index is -4.60. The monoisotopic (exact) mass is 221 g/mol. The lowest BCUT2D eigenvalue weighted by Gasteiger charge is -2.12. The van der Waals surface area contributed by atoms with E-state index in [9.17, 15) is 13.2 Å². The molecular formula is C8H6F3NOS. The molecule has 0 fully saturated rings. The van der Waals surface area contributed by atoms with E-state index in [2.05, 4.69) is 0 Å². The van der Waals surface area contributed by atoms with E-state index in [1.54, 1.807) is 6.07 Å². The number of alkyl halides is 3. The van der Waals surface area contributed by atoms with Gasteiger partial charge in [0.1, 0.15) is 6.07 Å². The van der Waals surface area contributed by atoms with Crippen LogP contribution < -0.4 is 0 Å². The molecule has 0 bridgehead atoms. The zero-order valence-electron chi connectivity index (χ0n) is 6.88. The minimum Gasteiger partial charge on any atom is -0.383 e. The molecule has 1 aromatic heterocycles. The molecule has 1 heterocycles. The molecule has 0 aliphatic rings. The molecule has 1 rings (SSSR count). The van der Waals surface area contributed by atoms with Crippen molar-refractivity contribution in [3.63, 3.8) is 0 Å². The zero-order valence-corrected chi connectivity index (χ0v) is 7.69. The first-order valence-corrected chi connectivity index (χ1v) is 4.53. The summed E-state index contributed by atoms with van der Waals surface area (Å²) in [5.41, 5.74) is 0.319. The molecule has 76 valence electrons. The topological polar surface area (TPSA) is 44.0 Å². The quantitative estimate of drug-likeness (QED) is 0.830. The minimum absolute atomic E-state index is 0.319. The van der Waals surface area contributed by atoms with Crippen LogP contribution in [0.2, 0.25) is 0 Å². The van der Waals surface area contributed by atoms with Gasteiger partial charge in [0, 0.05) is 16.7 Å². The molecule has 2 nitrogen and oxygen atoms in total. The summed E-state index contributed by atoms with van der Waals surface area (Å²) in [6.45, 7) is 0. The number of nitrogens with zero attached hydrogens (tertiary/aromatic N) is 1. The fraction of sp³-hybridized carbons (Fsp3) is 0.375. The van der Waals surface area contributed by atoms with E-state index in [-0.39, 0.29) is 0 Å². The van der Waals surface area contributed by atoms with E-state index in [1.807, 2.05) is 0 Å². The van der Waals surface area contributed by atoms with Crippen molar-refractivity contribution in [1.82, 2.24) is 0 Å². The second-order valence-corrected chi connectivity index (χ2v) is 3.67. The van der Waals surface area contributed by atoms with Crippen LogP contribution >= 0.6 is 11.3 Å². The van der Waals surface area contributed by atoms with Crippen LogP contribution in [0, 0.1) is 11.3 Å². The van der Waals surface area contributed by atoms with Crippen LogP contribution in [-0.4, -0.2) is 17.4 Å². The van der Waals surface area contributed by atoms with Gasteiger partial charge in [0.15, 0.2) is 6.10 Å². The Bertz CT molecular complexity index is 352. The van der Waals surface area contributed by atoms with Crippen LogP contribution in [-0.2, 0) is 6.42 Å². The molecule has 0 amide bonds. The maximum Gasteiger partial charge on any atom is 0.414 e. The lowest BCUT2D eigenvalue weighted by molar-refractivity contribution is -0.202. The van der Waals surface area contributed by atoms with E-state index in [0.29, 0.717) is 10.4 Å². The third kappa shape index (κ3) is 2.72. The highest BCUT2D eigenvalue weighted by atomic mass is 32.1. The van der Waals surface area contributed by atoms with Gasteiger partial charge in [-0.15, -0.1) is 11.3 Å². The highest BCUT2D eigenvalue weighted by molar-refractivity contribution is 7.10. The van der Waals surface area contributed by atoms with Crippen molar-refractivity contribution >= 4 is 11.3 Å². The molecule has 0 radical (unpaired) electrons. The van der Waals surface area contributed by atoms with Crippen molar-refractivity contribution in [3.8, 4) is 6.07 Å². The van der Waals surface area contributed by atoms with Crippen molar-refractivity contribution < 1.29 is 18.3 Å². The van der Waals surface area contributed by atoms with Gasteiger partial charge in [-0.2, -0.15) is 18.4 Å². The normalized spacial score (nSPS) is 13.6. The summed E-state index contributed by atoms with van der Waals surface area (Å²) in [7, 11) is 0. The van der Waals surface area contributed by atoms with E-state index < -0.39 is 18.7 Å². The Morgan fingerprint density at radius 3 is 2.64 bits per heavy atom. The first-order chi connectivity index (χ1) is 6.43. The van der Waals surface area contributed by atoms with Gasteiger partial charge in [0.25, 0.3) is 0 Å². The number of hydrogen-bond acceptors (Lipinski definition) is 3. The van der Waals surface area contributed by atoms with Crippen LogP contribution in [0.3, 0.4) is 0 Å². The molecular weight excluding hydrogens is 215 g/mol. The summed E-state index contributed by atoms with van der Waals surface area (Å²) in [4.78, 5) is 0.353. The standard InChI is InChI=1S/C8H6F3NOS/c9-8(10,11)7(13)2-6-1-5(3-12)4-14-6/h1,4,7,13H,2H2. The summed E-state index contributed by atoms with van der Waals surface area (Å²) >= 11 is 1.04. The van der Waals surface area contributed by atoms with Gasteiger partial charge >= 0.3 is 6.18 Å². The average molecular weight is 221 g/mol. The van der Waals surface area contributed by atoms with E-state index >= 15 is 0 Å². The largest absolute Gasteiger partial charge is 0.414 e. The van der Waals surface area contributed by atoms with E-state index in [0.717, 1.165) is 11.3 Å². The van der Waals surface area contributed by atoms with Crippen LogP contribution in [0.1, 0.15) is 10.4 Å². The van der Waals surface area contributed by atoms with Crippen molar-refractivity contribution in [2.45, 2.75) is 18.7 Å². The van der Waals surface area contributed by atoms with Gasteiger partial charge < -0.3 is 5.11 Å². The van der Waals surface area contributed by atoms with Gasteiger partial charge in [-0.05, 0) is 6.07 Å². The molecule has 1 N–H and O–H groups in total. The Morgan fingerprint density at radius 2 is 2.21 bits per heavy atom. The lowest BCUT2D eigenvalue weighted by Crippen LogP contribution is -2.30. The molecule has 1 atom stereocenters. The van der Waals surface area contributed by atoms with Crippen LogP contribution in [0.5, 0.6) is 0 Å². The Hall–Kier alpha value is -1.06. The molecule has 14 heavy (non-hydrogen) atoms.